The van der Waals surface area contributed by atoms with Crippen molar-refractivity contribution in [3.05, 3.63) is 85.3 Å². The molecule has 0 amide bonds. The van der Waals surface area contributed by atoms with Crippen LogP contribution in [0.1, 0.15) is 46.9 Å². The number of aliphatic imine (C=N–C) groups is 1. The van der Waals surface area contributed by atoms with E-state index in [4.69, 9.17) is 0 Å². The van der Waals surface area contributed by atoms with Gasteiger partial charge in [0.1, 0.15) is 0 Å². The van der Waals surface area contributed by atoms with E-state index in [9.17, 15) is 29.9 Å². The molecule has 3 N–H and O–H groups in total. The van der Waals surface area contributed by atoms with E-state index >= 15 is 0 Å². The fourth-order valence-corrected chi connectivity index (χ4v) is 3.02. The summed E-state index contributed by atoms with van der Waals surface area (Å²) in [5, 5.41) is 32.5. The standard InChI is InChI=1S/C21H20N4O6/c1-12(2)19-17(20(27)24(23-19)14-5-3-13(11-26)4-6-14)10-22-18-8-7-15(25(30)31)9-16(18)21(28)29/h3-10,12,23,26H,11H2,1-2H3,(H,28,29). The molecule has 0 aliphatic heterocycles. The van der Waals surface area contributed by atoms with Crippen molar-refractivity contribution in [1.82, 2.24) is 9.78 Å². The van der Waals surface area contributed by atoms with Crippen LogP contribution < -0.4 is 5.56 Å². The van der Waals surface area contributed by atoms with Gasteiger partial charge in [0.05, 0.1) is 34.0 Å². The van der Waals surface area contributed by atoms with Crippen LogP contribution in [0.5, 0.6) is 0 Å². The van der Waals surface area contributed by atoms with E-state index in [0.29, 0.717) is 16.9 Å². The van der Waals surface area contributed by atoms with Gasteiger partial charge in [-0.3, -0.25) is 25.0 Å². The molecule has 10 heteroatoms. The van der Waals surface area contributed by atoms with E-state index in [1.54, 1.807) is 24.3 Å². The molecule has 0 radical (unpaired) electrons. The minimum Gasteiger partial charge on any atom is -0.478 e. The zero-order valence-electron chi connectivity index (χ0n) is 16.8. The number of aromatic carboxylic acids is 1. The number of carboxylic acids is 1. The third kappa shape index (κ3) is 4.43. The predicted molar refractivity (Wildman–Crippen MR) is 114 cm³/mol. The van der Waals surface area contributed by atoms with Gasteiger partial charge in [-0.1, -0.05) is 26.0 Å². The SMILES string of the molecule is CC(C)c1[nH]n(-c2ccc(CO)cc2)c(=O)c1C=Nc1ccc([N+](=O)[O-])cc1C(=O)O. The number of aliphatic hydroxyl groups is 1. The number of aromatic amines is 1. The number of carbonyl (C=O) groups is 1. The Morgan fingerprint density at radius 2 is 1.94 bits per heavy atom. The maximum Gasteiger partial charge on any atom is 0.338 e. The molecule has 31 heavy (non-hydrogen) atoms. The van der Waals surface area contributed by atoms with E-state index < -0.39 is 10.9 Å². The van der Waals surface area contributed by atoms with Gasteiger partial charge in [-0.2, -0.15) is 0 Å². The van der Waals surface area contributed by atoms with Gasteiger partial charge in [-0.25, -0.2) is 9.48 Å². The van der Waals surface area contributed by atoms with Gasteiger partial charge in [0.15, 0.2) is 0 Å². The van der Waals surface area contributed by atoms with Gasteiger partial charge in [-0.05, 0) is 29.7 Å². The Labute approximate surface area is 176 Å². The molecule has 0 spiro atoms. The highest BCUT2D eigenvalue weighted by Crippen LogP contribution is 2.25. The molecule has 0 aliphatic carbocycles. The number of non-ortho nitro benzene ring substituents is 1. The lowest BCUT2D eigenvalue weighted by atomic mass is 10.1. The Hall–Kier alpha value is -4.05. The Morgan fingerprint density at radius 3 is 2.48 bits per heavy atom. The van der Waals surface area contributed by atoms with Crippen molar-refractivity contribution in [2.24, 2.45) is 4.99 Å². The number of nitro groups is 1. The second-order valence-electron chi connectivity index (χ2n) is 7.08. The Kier molecular flexibility index (Phi) is 6.12. The number of aromatic nitrogens is 2. The van der Waals surface area contributed by atoms with E-state index in [1.807, 2.05) is 13.8 Å². The second kappa shape index (κ2) is 8.76. The molecule has 1 aromatic heterocycles. The highest BCUT2D eigenvalue weighted by Gasteiger charge is 2.18. The lowest BCUT2D eigenvalue weighted by Crippen LogP contribution is -2.17. The minimum atomic E-state index is -1.37. The minimum absolute atomic E-state index is 0.00717. The van der Waals surface area contributed by atoms with Crippen LogP contribution in [0.4, 0.5) is 11.4 Å². The van der Waals surface area contributed by atoms with Crippen molar-refractivity contribution in [3.8, 4) is 5.69 Å². The van der Waals surface area contributed by atoms with Crippen LogP contribution in [0.2, 0.25) is 0 Å². The molecule has 160 valence electrons. The Bertz CT molecular complexity index is 1220. The summed E-state index contributed by atoms with van der Waals surface area (Å²) in [4.78, 5) is 38.9. The number of H-pyrrole nitrogens is 1. The summed E-state index contributed by atoms with van der Waals surface area (Å²) < 4.78 is 1.34. The van der Waals surface area contributed by atoms with Crippen LogP contribution in [-0.4, -0.2) is 37.1 Å². The predicted octanol–water partition coefficient (Wildman–Crippen LogP) is 3.14. The zero-order valence-corrected chi connectivity index (χ0v) is 16.8. The molecular formula is C21H20N4O6. The van der Waals surface area contributed by atoms with E-state index in [0.717, 1.165) is 12.1 Å². The molecule has 0 aliphatic rings. The molecule has 0 saturated heterocycles. The average molecular weight is 424 g/mol. The van der Waals surface area contributed by atoms with Crippen molar-refractivity contribution in [3.63, 3.8) is 0 Å². The first kappa shape index (κ1) is 21.7. The van der Waals surface area contributed by atoms with Crippen LogP contribution in [0.25, 0.3) is 5.69 Å². The van der Waals surface area contributed by atoms with Gasteiger partial charge in [0, 0.05) is 24.0 Å². The first-order valence-corrected chi connectivity index (χ1v) is 9.33. The van der Waals surface area contributed by atoms with Crippen molar-refractivity contribution in [1.29, 1.82) is 0 Å². The van der Waals surface area contributed by atoms with Crippen molar-refractivity contribution < 1.29 is 19.9 Å². The number of carboxylic acid groups (broad SMARTS) is 1. The quantitative estimate of drug-likeness (QED) is 0.301. The summed E-state index contributed by atoms with van der Waals surface area (Å²) in [6, 6.07) is 10.1. The summed E-state index contributed by atoms with van der Waals surface area (Å²) in [7, 11) is 0. The maximum atomic E-state index is 13.0. The molecule has 1 heterocycles. The number of nitrogens with one attached hydrogen (secondary N) is 1. The summed E-state index contributed by atoms with van der Waals surface area (Å²) >= 11 is 0. The Morgan fingerprint density at radius 1 is 1.26 bits per heavy atom. The molecule has 3 rings (SSSR count). The van der Waals surface area contributed by atoms with Crippen LogP contribution in [0, 0.1) is 10.1 Å². The smallest absolute Gasteiger partial charge is 0.338 e. The molecular weight excluding hydrogens is 404 g/mol. The summed E-state index contributed by atoms with van der Waals surface area (Å²) in [6.07, 6.45) is 1.26. The number of aliphatic hydroxyl groups excluding tert-OH is 1. The highest BCUT2D eigenvalue weighted by atomic mass is 16.6. The number of nitro benzene ring substituents is 1. The maximum absolute atomic E-state index is 13.0. The van der Waals surface area contributed by atoms with Gasteiger partial charge in [0.25, 0.3) is 11.2 Å². The molecule has 0 atom stereocenters. The van der Waals surface area contributed by atoms with Gasteiger partial charge >= 0.3 is 5.97 Å². The van der Waals surface area contributed by atoms with E-state index in [-0.39, 0.29) is 40.6 Å². The third-order valence-corrected chi connectivity index (χ3v) is 4.66. The fraction of sp³-hybridized carbons (Fsp3) is 0.190. The first-order valence-electron chi connectivity index (χ1n) is 9.33. The first-order chi connectivity index (χ1) is 14.7. The molecule has 0 bridgehead atoms. The van der Waals surface area contributed by atoms with E-state index in [2.05, 4.69) is 10.1 Å². The average Bonchev–Trinajstić information content (AvgIpc) is 3.08. The molecule has 10 nitrogen and oxygen atoms in total. The van der Waals surface area contributed by atoms with Crippen LogP contribution in [0.3, 0.4) is 0 Å². The van der Waals surface area contributed by atoms with Crippen molar-refractivity contribution >= 4 is 23.6 Å². The van der Waals surface area contributed by atoms with Crippen LogP contribution in [0.15, 0.2) is 52.3 Å². The number of hydrogen-bond acceptors (Lipinski definition) is 6. The van der Waals surface area contributed by atoms with Crippen molar-refractivity contribution in [2.45, 2.75) is 26.4 Å². The van der Waals surface area contributed by atoms with Gasteiger partial charge in [-0.15, -0.1) is 0 Å². The van der Waals surface area contributed by atoms with Crippen molar-refractivity contribution in [2.75, 3.05) is 0 Å². The van der Waals surface area contributed by atoms with E-state index in [1.165, 1.54) is 17.0 Å². The number of nitrogens with zero attached hydrogens (tertiary/aromatic N) is 3. The normalized spacial score (nSPS) is 11.4. The lowest BCUT2D eigenvalue weighted by molar-refractivity contribution is -0.384. The zero-order chi connectivity index (χ0) is 22.7. The number of rotatable bonds is 7. The number of benzene rings is 2. The lowest BCUT2D eigenvalue weighted by Gasteiger charge is -2.04. The van der Waals surface area contributed by atoms with Crippen LogP contribution in [-0.2, 0) is 6.61 Å². The molecule has 0 fully saturated rings. The summed E-state index contributed by atoms with van der Waals surface area (Å²) in [5.41, 5.74) is 1.00. The fourth-order valence-electron chi connectivity index (χ4n) is 3.02. The van der Waals surface area contributed by atoms with Gasteiger partial charge < -0.3 is 10.2 Å². The highest BCUT2D eigenvalue weighted by molar-refractivity contribution is 5.96. The molecule has 0 unspecified atom stereocenters. The van der Waals surface area contributed by atoms with Crippen LogP contribution >= 0.6 is 0 Å². The second-order valence-corrected chi connectivity index (χ2v) is 7.08. The summed E-state index contributed by atoms with van der Waals surface area (Å²) in [6.45, 7) is 3.66. The number of hydrogen-bond donors (Lipinski definition) is 3. The monoisotopic (exact) mass is 424 g/mol. The molecule has 2 aromatic carbocycles. The largest absolute Gasteiger partial charge is 0.478 e. The Balaban J connectivity index is 2.08. The summed E-state index contributed by atoms with van der Waals surface area (Å²) in [5.74, 6) is -1.43. The molecule has 3 aromatic rings. The topological polar surface area (TPSA) is 151 Å². The van der Waals surface area contributed by atoms with Gasteiger partial charge in [0.2, 0.25) is 0 Å². The molecule has 0 saturated carbocycles. The third-order valence-electron chi connectivity index (χ3n) is 4.66.